The van der Waals surface area contributed by atoms with E-state index in [1.54, 1.807) is 0 Å². The van der Waals surface area contributed by atoms with Gasteiger partial charge in [-0.15, -0.1) is 0 Å². The van der Waals surface area contributed by atoms with E-state index in [9.17, 15) is 36.2 Å². The molecule has 0 saturated heterocycles. The van der Waals surface area contributed by atoms with Crippen molar-refractivity contribution in [2.24, 2.45) is 0 Å². The standard InChI is InChI=1S/C19H13F6NO3/c1-2-29-18(28)15-6-10-14(7-13(21)17(27)16(10)22)26(15)8-9-3-4-12(20)11(5-9)19(23,24)25/h3-7,27H,2,8H2,1H3. The minimum atomic E-state index is -4.95. The summed E-state index contributed by atoms with van der Waals surface area (Å²) in [5, 5.41) is 9.12. The number of aromatic nitrogens is 1. The number of aromatic hydroxyl groups is 1. The van der Waals surface area contributed by atoms with Gasteiger partial charge in [0.1, 0.15) is 11.5 Å². The quantitative estimate of drug-likeness (QED) is 0.480. The monoisotopic (exact) mass is 417 g/mol. The predicted octanol–water partition coefficient (Wildman–Crippen LogP) is 5.01. The van der Waals surface area contributed by atoms with Crippen LogP contribution in [0, 0.1) is 17.5 Å². The largest absolute Gasteiger partial charge is 0.503 e. The van der Waals surface area contributed by atoms with Crippen LogP contribution >= 0.6 is 0 Å². The Morgan fingerprint density at radius 2 is 1.79 bits per heavy atom. The molecule has 0 aliphatic rings. The maximum absolute atomic E-state index is 14.3. The number of rotatable bonds is 4. The van der Waals surface area contributed by atoms with Gasteiger partial charge in [-0.2, -0.15) is 13.2 Å². The van der Waals surface area contributed by atoms with Crippen LogP contribution < -0.4 is 0 Å². The lowest BCUT2D eigenvalue weighted by atomic mass is 10.1. The second-order valence-electron chi connectivity index (χ2n) is 6.10. The summed E-state index contributed by atoms with van der Waals surface area (Å²) in [6, 6.07) is 3.95. The van der Waals surface area contributed by atoms with Crippen molar-refractivity contribution in [2.45, 2.75) is 19.6 Å². The Hall–Kier alpha value is -3.17. The molecule has 2 aromatic carbocycles. The Morgan fingerprint density at radius 3 is 2.41 bits per heavy atom. The van der Waals surface area contributed by atoms with Gasteiger partial charge in [0.05, 0.1) is 17.7 Å². The van der Waals surface area contributed by atoms with Crippen LogP contribution in [0.15, 0.2) is 30.3 Å². The lowest BCUT2D eigenvalue weighted by Gasteiger charge is -2.13. The summed E-state index contributed by atoms with van der Waals surface area (Å²) in [6.45, 7) is 1.02. The van der Waals surface area contributed by atoms with Crippen molar-refractivity contribution in [3.8, 4) is 5.75 Å². The lowest BCUT2D eigenvalue weighted by Crippen LogP contribution is -2.14. The number of hydrogen-bond acceptors (Lipinski definition) is 3. The number of benzene rings is 2. The molecule has 0 aliphatic heterocycles. The highest BCUT2D eigenvalue weighted by Crippen LogP contribution is 2.34. The SMILES string of the molecule is CCOC(=O)c1cc2c(F)c(O)c(F)cc2n1Cc1ccc(F)c(C(F)(F)F)c1. The maximum atomic E-state index is 14.3. The molecular formula is C19H13F6NO3. The first-order chi connectivity index (χ1) is 13.5. The summed E-state index contributed by atoms with van der Waals surface area (Å²) in [5.41, 5.74) is -2.06. The van der Waals surface area contributed by atoms with Crippen LogP contribution in [-0.2, 0) is 17.5 Å². The van der Waals surface area contributed by atoms with Crippen molar-refractivity contribution in [3.05, 3.63) is 64.6 Å². The van der Waals surface area contributed by atoms with Gasteiger partial charge in [-0.05, 0) is 30.7 Å². The zero-order chi connectivity index (χ0) is 21.5. The van der Waals surface area contributed by atoms with E-state index in [2.05, 4.69) is 0 Å². The van der Waals surface area contributed by atoms with Crippen LogP contribution in [0.2, 0.25) is 0 Å². The summed E-state index contributed by atoms with van der Waals surface area (Å²) in [7, 11) is 0. The molecule has 0 aliphatic carbocycles. The van der Waals surface area contributed by atoms with Crippen LogP contribution in [0.25, 0.3) is 10.9 Å². The van der Waals surface area contributed by atoms with Crippen molar-refractivity contribution in [1.29, 1.82) is 0 Å². The molecular weight excluding hydrogens is 404 g/mol. The molecule has 1 aromatic heterocycles. The fourth-order valence-corrected chi connectivity index (χ4v) is 2.93. The molecule has 0 spiro atoms. The van der Waals surface area contributed by atoms with Crippen LogP contribution in [0.4, 0.5) is 26.3 Å². The Morgan fingerprint density at radius 1 is 1.10 bits per heavy atom. The molecule has 0 radical (unpaired) electrons. The molecule has 154 valence electrons. The summed E-state index contributed by atoms with van der Waals surface area (Å²) in [6.07, 6.45) is -4.95. The molecule has 4 nitrogen and oxygen atoms in total. The third-order valence-electron chi connectivity index (χ3n) is 4.23. The van der Waals surface area contributed by atoms with Crippen LogP contribution in [0.3, 0.4) is 0 Å². The Bertz CT molecular complexity index is 1100. The third kappa shape index (κ3) is 3.74. The third-order valence-corrected chi connectivity index (χ3v) is 4.23. The number of fused-ring (bicyclic) bond motifs is 1. The zero-order valence-electron chi connectivity index (χ0n) is 14.8. The molecule has 0 unspecified atom stereocenters. The Kier molecular flexibility index (Phi) is 5.20. The summed E-state index contributed by atoms with van der Waals surface area (Å²) < 4.78 is 86.4. The topological polar surface area (TPSA) is 51.5 Å². The number of nitrogens with zero attached hydrogens (tertiary/aromatic N) is 1. The number of hydrogen-bond donors (Lipinski definition) is 1. The number of phenolic OH excluding ortho intramolecular Hbond substituents is 1. The first kappa shape index (κ1) is 20.6. The molecule has 0 fully saturated rings. The summed E-state index contributed by atoms with van der Waals surface area (Å²) >= 11 is 0. The van der Waals surface area contributed by atoms with Crippen molar-refractivity contribution in [1.82, 2.24) is 4.57 Å². The van der Waals surface area contributed by atoms with E-state index in [4.69, 9.17) is 4.74 Å². The van der Waals surface area contributed by atoms with Gasteiger partial charge in [0.25, 0.3) is 0 Å². The average molecular weight is 417 g/mol. The minimum absolute atomic E-state index is 0.0444. The number of carbonyl (C=O) groups excluding carboxylic acids is 1. The molecule has 0 saturated carbocycles. The molecule has 1 N–H and O–H groups in total. The van der Waals surface area contributed by atoms with Crippen LogP contribution in [0.5, 0.6) is 5.75 Å². The highest BCUT2D eigenvalue weighted by molar-refractivity contribution is 5.96. The highest BCUT2D eigenvalue weighted by atomic mass is 19.4. The van der Waals surface area contributed by atoms with E-state index in [1.165, 1.54) is 6.92 Å². The molecule has 29 heavy (non-hydrogen) atoms. The van der Waals surface area contributed by atoms with Crippen molar-refractivity contribution in [3.63, 3.8) is 0 Å². The minimum Gasteiger partial charge on any atom is -0.503 e. The van der Waals surface area contributed by atoms with Crippen molar-refractivity contribution < 1.29 is 41.0 Å². The van der Waals surface area contributed by atoms with E-state index < -0.39 is 47.5 Å². The molecule has 0 bridgehead atoms. The van der Waals surface area contributed by atoms with Crippen LogP contribution in [0.1, 0.15) is 28.5 Å². The van der Waals surface area contributed by atoms with Gasteiger partial charge in [0.2, 0.25) is 0 Å². The summed E-state index contributed by atoms with van der Waals surface area (Å²) in [4.78, 5) is 12.2. The van der Waals surface area contributed by atoms with Gasteiger partial charge in [0, 0.05) is 18.0 Å². The fourth-order valence-electron chi connectivity index (χ4n) is 2.93. The first-order valence-corrected chi connectivity index (χ1v) is 8.27. The highest BCUT2D eigenvalue weighted by Gasteiger charge is 2.34. The van der Waals surface area contributed by atoms with Gasteiger partial charge >= 0.3 is 12.1 Å². The number of ether oxygens (including phenoxy) is 1. The number of esters is 1. The fraction of sp³-hybridized carbons (Fsp3) is 0.211. The zero-order valence-corrected chi connectivity index (χ0v) is 14.8. The normalized spacial score (nSPS) is 11.8. The molecule has 1 heterocycles. The Labute approximate surface area is 159 Å². The lowest BCUT2D eigenvalue weighted by molar-refractivity contribution is -0.140. The van der Waals surface area contributed by atoms with Crippen molar-refractivity contribution in [2.75, 3.05) is 6.61 Å². The van der Waals surface area contributed by atoms with Gasteiger partial charge in [-0.3, -0.25) is 0 Å². The molecule has 3 rings (SSSR count). The van der Waals surface area contributed by atoms with Gasteiger partial charge in [-0.1, -0.05) is 6.07 Å². The van der Waals surface area contributed by atoms with Crippen LogP contribution in [-0.4, -0.2) is 22.2 Å². The van der Waals surface area contributed by atoms with Gasteiger partial charge in [-0.25, -0.2) is 18.0 Å². The number of halogens is 6. The number of alkyl halides is 3. The van der Waals surface area contributed by atoms with Crippen molar-refractivity contribution >= 4 is 16.9 Å². The Balaban J connectivity index is 2.20. The number of phenols is 1. The van der Waals surface area contributed by atoms with E-state index in [-0.39, 0.29) is 28.8 Å². The van der Waals surface area contributed by atoms with E-state index in [0.717, 1.165) is 22.8 Å². The van der Waals surface area contributed by atoms with E-state index in [1.807, 2.05) is 0 Å². The van der Waals surface area contributed by atoms with Gasteiger partial charge in [0.15, 0.2) is 17.4 Å². The van der Waals surface area contributed by atoms with E-state index in [0.29, 0.717) is 12.1 Å². The predicted molar refractivity (Wildman–Crippen MR) is 90.0 cm³/mol. The smallest absolute Gasteiger partial charge is 0.419 e. The summed E-state index contributed by atoms with van der Waals surface area (Å²) in [5.74, 6) is -6.32. The molecule has 10 heteroatoms. The second-order valence-corrected chi connectivity index (χ2v) is 6.10. The number of carbonyl (C=O) groups is 1. The molecule has 3 aromatic rings. The second kappa shape index (κ2) is 7.34. The molecule has 0 atom stereocenters. The average Bonchev–Trinajstić information content (AvgIpc) is 2.99. The molecule has 0 amide bonds. The van der Waals surface area contributed by atoms with E-state index >= 15 is 0 Å². The first-order valence-electron chi connectivity index (χ1n) is 8.27. The van der Waals surface area contributed by atoms with Gasteiger partial charge < -0.3 is 14.4 Å². The maximum Gasteiger partial charge on any atom is 0.419 e.